The molecule has 13 heavy (non-hydrogen) atoms. The van der Waals surface area contributed by atoms with Crippen molar-refractivity contribution in [1.82, 2.24) is 0 Å². The molecular weight excluding hydrogens is 192 g/mol. The van der Waals surface area contributed by atoms with Gasteiger partial charge in [0, 0.05) is 6.42 Å². The van der Waals surface area contributed by atoms with Crippen LogP contribution in [0.5, 0.6) is 0 Å². The van der Waals surface area contributed by atoms with Gasteiger partial charge in [-0.1, -0.05) is 0 Å². The lowest BCUT2D eigenvalue weighted by atomic mass is 9.94. The number of carboxylic acid groups (broad SMARTS) is 1. The molecule has 2 unspecified atom stereocenters. The van der Waals surface area contributed by atoms with Gasteiger partial charge in [-0.3, -0.25) is 9.59 Å². The third-order valence-corrected chi connectivity index (χ3v) is 2.01. The maximum atomic E-state index is 10.6. The van der Waals surface area contributed by atoms with E-state index in [9.17, 15) is 9.59 Å². The van der Waals surface area contributed by atoms with Crippen LogP contribution < -0.4 is 11.5 Å². The molecule has 0 bridgehead atoms. The molecule has 2 atom stereocenters. The van der Waals surface area contributed by atoms with E-state index in [4.69, 9.17) is 16.6 Å². The zero-order valence-electron chi connectivity index (χ0n) is 7.14. The molecule has 0 rings (SSSR count). The van der Waals surface area contributed by atoms with Crippen LogP contribution in [0.4, 0.5) is 0 Å². The maximum Gasteiger partial charge on any atom is 0.320 e. The molecule has 0 aromatic carbocycles. The molecule has 0 spiro atoms. The molecule has 1 amide bonds. The number of thiol groups is 1. The average molecular weight is 206 g/mol. The summed E-state index contributed by atoms with van der Waals surface area (Å²) in [5, 5.41) is 8.59. The normalized spacial score (nSPS) is 14.9. The van der Waals surface area contributed by atoms with Crippen molar-refractivity contribution in [1.29, 1.82) is 0 Å². The summed E-state index contributed by atoms with van der Waals surface area (Å²) in [4.78, 5) is 21.1. The fourth-order valence-corrected chi connectivity index (χ4v) is 1.37. The number of hydrogen-bond donors (Lipinski definition) is 4. The molecule has 0 radical (unpaired) electrons. The first-order valence-electron chi connectivity index (χ1n) is 3.86. The molecule has 76 valence electrons. The molecule has 0 saturated carbocycles. The Bertz CT molecular complexity index is 198. The van der Waals surface area contributed by atoms with Gasteiger partial charge in [0.15, 0.2) is 0 Å². The number of aliphatic carboxylic acids is 1. The van der Waals surface area contributed by atoms with E-state index >= 15 is 0 Å². The van der Waals surface area contributed by atoms with E-state index < -0.39 is 23.8 Å². The standard InChI is InChI=1S/C7H14N2O3S/c8-5(10)3-4(1-2-13)6(9)7(11)12/h4,6,13H,1-3,9H2,(H2,8,10)(H,11,12). The zero-order valence-corrected chi connectivity index (χ0v) is 8.04. The summed E-state index contributed by atoms with van der Waals surface area (Å²) in [5.74, 6) is -1.59. The van der Waals surface area contributed by atoms with Gasteiger partial charge in [0.05, 0.1) is 0 Å². The summed E-state index contributed by atoms with van der Waals surface area (Å²) in [6.45, 7) is 0. The summed E-state index contributed by atoms with van der Waals surface area (Å²) < 4.78 is 0. The molecule has 0 aliphatic carbocycles. The lowest BCUT2D eigenvalue weighted by molar-refractivity contribution is -0.140. The van der Waals surface area contributed by atoms with E-state index in [1.54, 1.807) is 0 Å². The highest BCUT2D eigenvalue weighted by molar-refractivity contribution is 7.80. The number of carboxylic acids is 1. The van der Waals surface area contributed by atoms with Crippen molar-refractivity contribution in [3.05, 3.63) is 0 Å². The minimum Gasteiger partial charge on any atom is -0.480 e. The molecule has 0 aliphatic rings. The van der Waals surface area contributed by atoms with E-state index in [1.165, 1.54) is 0 Å². The summed E-state index contributed by atoms with van der Waals surface area (Å²) in [7, 11) is 0. The molecule has 6 heteroatoms. The second-order valence-corrected chi connectivity index (χ2v) is 3.25. The van der Waals surface area contributed by atoms with Gasteiger partial charge in [0.2, 0.25) is 5.91 Å². The molecule has 0 fully saturated rings. The monoisotopic (exact) mass is 206 g/mol. The van der Waals surface area contributed by atoms with E-state index in [1.807, 2.05) is 0 Å². The summed E-state index contributed by atoms with van der Waals surface area (Å²) >= 11 is 3.94. The van der Waals surface area contributed by atoms with Crippen molar-refractivity contribution < 1.29 is 14.7 Å². The Labute approximate surface area is 81.9 Å². The third-order valence-electron chi connectivity index (χ3n) is 1.76. The molecule has 5 nitrogen and oxygen atoms in total. The Hall–Kier alpha value is -0.750. The largest absolute Gasteiger partial charge is 0.480 e. The molecular formula is C7H14N2O3S. The molecule has 0 aromatic heterocycles. The smallest absolute Gasteiger partial charge is 0.320 e. The van der Waals surface area contributed by atoms with Crippen molar-refractivity contribution in [2.75, 3.05) is 5.75 Å². The van der Waals surface area contributed by atoms with Crippen molar-refractivity contribution >= 4 is 24.5 Å². The van der Waals surface area contributed by atoms with Crippen LogP contribution >= 0.6 is 12.6 Å². The quantitative estimate of drug-likeness (QED) is 0.427. The lowest BCUT2D eigenvalue weighted by Crippen LogP contribution is -2.40. The van der Waals surface area contributed by atoms with Crippen LogP contribution in [0.3, 0.4) is 0 Å². The number of carbonyl (C=O) groups is 2. The maximum absolute atomic E-state index is 10.6. The fraction of sp³-hybridized carbons (Fsp3) is 0.714. The second kappa shape index (κ2) is 5.82. The van der Waals surface area contributed by atoms with Crippen LogP contribution in [-0.2, 0) is 9.59 Å². The Morgan fingerprint density at radius 3 is 2.31 bits per heavy atom. The van der Waals surface area contributed by atoms with Gasteiger partial charge in [-0.25, -0.2) is 0 Å². The fourth-order valence-electron chi connectivity index (χ4n) is 1.03. The number of primary amides is 1. The van der Waals surface area contributed by atoms with Crippen LogP contribution in [-0.4, -0.2) is 28.8 Å². The molecule has 5 N–H and O–H groups in total. The molecule has 0 saturated heterocycles. The molecule has 0 heterocycles. The van der Waals surface area contributed by atoms with Crippen LogP contribution in [0.15, 0.2) is 0 Å². The van der Waals surface area contributed by atoms with Gasteiger partial charge in [0.1, 0.15) is 6.04 Å². The van der Waals surface area contributed by atoms with Crippen molar-refractivity contribution in [3.8, 4) is 0 Å². The van der Waals surface area contributed by atoms with Gasteiger partial charge in [0.25, 0.3) is 0 Å². The SMILES string of the molecule is NC(=O)CC(CCS)C(N)C(=O)O. The molecule has 0 aliphatic heterocycles. The Morgan fingerprint density at radius 2 is 2.00 bits per heavy atom. The topological polar surface area (TPSA) is 106 Å². The van der Waals surface area contributed by atoms with Crippen molar-refractivity contribution in [3.63, 3.8) is 0 Å². The van der Waals surface area contributed by atoms with Crippen LogP contribution in [0.2, 0.25) is 0 Å². The number of carbonyl (C=O) groups excluding carboxylic acids is 1. The Morgan fingerprint density at radius 1 is 1.46 bits per heavy atom. The van der Waals surface area contributed by atoms with E-state index in [0.29, 0.717) is 12.2 Å². The highest BCUT2D eigenvalue weighted by Gasteiger charge is 2.24. The average Bonchev–Trinajstić information content (AvgIpc) is 2.01. The summed E-state index contributed by atoms with van der Waals surface area (Å²) in [6.07, 6.45) is 0.466. The first-order valence-corrected chi connectivity index (χ1v) is 4.49. The predicted octanol–water partition coefficient (Wildman–Crippen LogP) is -0.790. The van der Waals surface area contributed by atoms with Crippen molar-refractivity contribution in [2.24, 2.45) is 17.4 Å². The first kappa shape index (κ1) is 12.2. The number of hydrogen-bond acceptors (Lipinski definition) is 4. The van der Waals surface area contributed by atoms with Crippen LogP contribution in [0, 0.1) is 5.92 Å². The highest BCUT2D eigenvalue weighted by Crippen LogP contribution is 2.13. The zero-order chi connectivity index (χ0) is 10.4. The number of amides is 1. The Balaban J connectivity index is 4.22. The third kappa shape index (κ3) is 4.74. The minimum absolute atomic E-state index is 0.00593. The number of rotatable bonds is 6. The first-order chi connectivity index (χ1) is 5.99. The van der Waals surface area contributed by atoms with Crippen molar-refractivity contribution in [2.45, 2.75) is 18.9 Å². The van der Waals surface area contributed by atoms with Gasteiger partial charge in [-0.15, -0.1) is 0 Å². The van der Waals surface area contributed by atoms with E-state index in [-0.39, 0.29) is 6.42 Å². The highest BCUT2D eigenvalue weighted by atomic mass is 32.1. The van der Waals surface area contributed by atoms with Gasteiger partial charge in [-0.05, 0) is 18.1 Å². The van der Waals surface area contributed by atoms with Gasteiger partial charge in [-0.2, -0.15) is 12.6 Å². The Kier molecular flexibility index (Phi) is 5.48. The molecule has 0 aromatic rings. The van der Waals surface area contributed by atoms with E-state index in [2.05, 4.69) is 12.6 Å². The lowest BCUT2D eigenvalue weighted by Gasteiger charge is -2.17. The van der Waals surface area contributed by atoms with E-state index in [0.717, 1.165) is 0 Å². The predicted molar refractivity (Wildman–Crippen MR) is 51.4 cm³/mol. The number of nitrogens with two attached hydrogens (primary N) is 2. The van der Waals surface area contributed by atoms with Crippen LogP contribution in [0.1, 0.15) is 12.8 Å². The summed E-state index contributed by atoms with van der Waals surface area (Å²) in [5.41, 5.74) is 10.3. The van der Waals surface area contributed by atoms with Gasteiger partial charge < -0.3 is 16.6 Å². The summed E-state index contributed by atoms with van der Waals surface area (Å²) in [6, 6.07) is -1.04. The van der Waals surface area contributed by atoms with Gasteiger partial charge >= 0.3 is 5.97 Å². The van der Waals surface area contributed by atoms with Crippen LogP contribution in [0.25, 0.3) is 0 Å². The second-order valence-electron chi connectivity index (χ2n) is 2.81. The minimum atomic E-state index is -1.12.